The van der Waals surface area contributed by atoms with Crippen LogP contribution in [0.3, 0.4) is 0 Å². The molecule has 0 saturated carbocycles. The van der Waals surface area contributed by atoms with Crippen LogP contribution in [-0.2, 0) is 13.3 Å². The summed E-state index contributed by atoms with van der Waals surface area (Å²) >= 11 is 1.66. The Morgan fingerprint density at radius 1 is 1.18 bits per heavy atom. The maximum Gasteiger partial charge on any atom is 0.510 e. The third-order valence-corrected chi connectivity index (χ3v) is 5.74. The summed E-state index contributed by atoms with van der Waals surface area (Å²) < 4.78 is 15.6. The first-order chi connectivity index (χ1) is 5.24. The van der Waals surface area contributed by atoms with Crippen molar-refractivity contribution in [3.63, 3.8) is 0 Å². The average Bonchev–Trinajstić information content (AvgIpc) is 2.08. The van der Waals surface area contributed by atoms with Gasteiger partial charge in [0, 0.05) is 21.3 Å². The van der Waals surface area contributed by atoms with E-state index in [4.69, 9.17) is 13.3 Å². The van der Waals surface area contributed by atoms with Gasteiger partial charge < -0.3 is 13.3 Å². The van der Waals surface area contributed by atoms with Crippen molar-refractivity contribution in [1.82, 2.24) is 0 Å². The highest BCUT2D eigenvalue weighted by Crippen LogP contribution is 2.13. The van der Waals surface area contributed by atoms with Crippen LogP contribution in [0.4, 0.5) is 0 Å². The molecule has 0 unspecified atom stereocenters. The molecule has 0 aromatic carbocycles. The van der Waals surface area contributed by atoms with Gasteiger partial charge in [-0.25, -0.2) is 0 Å². The first-order valence-corrected chi connectivity index (χ1v) is 6.35. The molecule has 0 N–H and O–H groups in total. The molecule has 0 fully saturated rings. The van der Waals surface area contributed by atoms with Gasteiger partial charge in [0.1, 0.15) is 0 Å². The van der Waals surface area contributed by atoms with Gasteiger partial charge in [-0.3, -0.25) is 0 Å². The predicted molar refractivity (Wildman–Crippen MR) is 49.5 cm³/mol. The van der Waals surface area contributed by atoms with Crippen molar-refractivity contribution < 1.29 is 13.3 Å². The second kappa shape index (κ2) is 6.02. The second-order valence-corrected chi connectivity index (χ2v) is 6.41. The summed E-state index contributed by atoms with van der Waals surface area (Å²) in [6.45, 7) is 3.71. The highest BCUT2D eigenvalue weighted by molar-refractivity contribution is 8.00. The lowest BCUT2D eigenvalue weighted by atomic mass is 11.0. The largest absolute Gasteiger partial charge is 0.510 e. The van der Waals surface area contributed by atoms with Crippen molar-refractivity contribution in [2.75, 3.05) is 32.5 Å². The molecule has 0 aliphatic heterocycles. The van der Waals surface area contributed by atoms with Crippen molar-refractivity contribution in [1.29, 1.82) is 0 Å². The summed E-state index contributed by atoms with van der Waals surface area (Å²) in [5.74, 6) is 0.810. The first-order valence-electron chi connectivity index (χ1n) is 3.27. The summed E-state index contributed by atoms with van der Waals surface area (Å²) in [5.41, 5.74) is 0. The molecule has 0 saturated heterocycles. The molecule has 0 aliphatic rings. The molecule has 0 aliphatic carbocycles. The molecule has 5 heteroatoms. The van der Waals surface area contributed by atoms with Crippen LogP contribution in [0, 0.1) is 6.92 Å². The van der Waals surface area contributed by atoms with Crippen LogP contribution in [0.2, 0.25) is 0 Å². The van der Waals surface area contributed by atoms with Crippen LogP contribution in [-0.4, -0.2) is 41.3 Å². The zero-order valence-electron chi connectivity index (χ0n) is 7.25. The molecule has 0 rings (SSSR count). The van der Waals surface area contributed by atoms with Gasteiger partial charge in [-0.15, -0.1) is 0 Å². The van der Waals surface area contributed by atoms with Gasteiger partial charge in [0.2, 0.25) is 0 Å². The Hall–Kier alpha value is 0.447. The van der Waals surface area contributed by atoms with Gasteiger partial charge >= 0.3 is 8.80 Å². The Labute approximate surface area is 73.8 Å². The number of rotatable bonds is 6. The van der Waals surface area contributed by atoms with Crippen molar-refractivity contribution in [2.24, 2.45) is 0 Å². The second-order valence-electron chi connectivity index (χ2n) is 1.85. The maximum absolute atomic E-state index is 5.18. The molecule has 11 heavy (non-hydrogen) atoms. The fourth-order valence-electron chi connectivity index (χ4n) is 0.624. The summed E-state index contributed by atoms with van der Waals surface area (Å²) in [6, 6.07) is 0. The lowest BCUT2D eigenvalue weighted by molar-refractivity contribution is 0.130. The normalized spacial score (nSPS) is 12.0. The highest BCUT2D eigenvalue weighted by atomic mass is 32.2. The van der Waals surface area contributed by atoms with E-state index in [9.17, 15) is 0 Å². The van der Waals surface area contributed by atoms with Gasteiger partial charge in [-0.2, -0.15) is 11.8 Å². The Bertz CT molecular complexity index is 89.6. The van der Waals surface area contributed by atoms with Gasteiger partial charge in [0.05, 0.1) is 5.38 Å². The topological polar surface area (TPSA) is 27.7 Å². The average molecular weight is 195 g/mol. The van der Waals surface area contributed by atoms with E-state index in [-0.39, 0.29) is 0 Å². The smallest absolute Gasteiger partial charge is 0.376 e. The fourth-order valence-corrected chi connectivity index (χ4v) is 4.12. The zero-order chi connectivity index (χ0) is 8.74. The van der Waals surface area contributed by atoms with Crippen LogP contribution in [0.1, 0.15) is 0 Å². The van der Waals surface area contributed by atoms with E-state index < -0.39 is 8.80 Å². The number of thioether (sulfide) groups is 1. The van der Waals surface area contributed by atoms with Crippen molar-refractivity contribution in [2.45, 2.75) is 0 Å². The molecule has 0 aromatic rings. The van der Waals surface area contributed by atoms with Crippen LogP contribution in [0.5, 0.6) is 0 Å². The minimum absolute atomic E-state index is 0.764. The molecule has 0 aromatic heterocycles. The van der Waals surface area contributed by atoms with Crippen LogP contribution >= 0.6 is 11.8 Å². The number of hydrogen-bond donors (Lipinski definition) is 0. The maximum atomic E-state index is 5.18. The molecule has 0 bridgehead atoms. The molecule has 0 heterocycles. The first kappa shape index (κ1) is 11.4. The lowest BCUT2D eigenvalue weighted by Crippen LogP contribution is -2.46. The van der Waals surface area contributed by atoms with E-state index in [0.717, 1.165) is 11.1 Å². The van der Waals surface area contributed by atoms with E-state index in [0.29, 0.717) is 0 Å². The molecule has 0 amide bonds. The SMILES string of the molecule is [CH2]CSC[Si](OC)(OC)OC. The predicted octanol–water partition coefficient (Wildman–Crippen LogP) is 0.971. The molecule has 1 radical (unpaired) electrons. The van der Waals surface area contributed by atoms with E-state index in [2.05, 4.69) is 6.92 Å². The van der Waals surface area contributed by atoms with E-state index >= 15 is 0 Å². The van der Waals surface area contributed by atoms with Crippen molar-refractivity contribution in [3.05, 3.63) is 6.92 Å². The fraction of sp³-hybridized carbons (Fsp3) is 0.833. The Morgan fingerprint density at radius 3 is 1.91 bits per heavy atom. The van der Waals surface area contributed by atoms with E-state index in [1.807, 2.05) is 0 Å². The molecule has 3 nitrogen and oxygen atoms in total. The molecule has 0 atom stereocenters. The molecular weight excluding hydrogens is 180 g/mol. The number of hydrogen-bond acceptors (Lipinski definition) is 4. The lowest BCUT2D eigenvalue weighted by Gasteiger charge is -2.23. The molecular formula is C6H15O3SSi. The standard InChI is InChI=1S/C6H15O3SSi/c1-5-10-6-11(7-2,8-3)9-4/h1,5-6H2,2-4H3. The Kier molecular flexibility index (Phi) is 6.26. The van der Waals surface area contributed by atoms with Crippen LogP contribution in [0.15, 0.2) is 0 Å². The highest BCUT2D eigenvalue weighted by Gasteiger charge is 2.37. The molecule has 0 spiro atoms. The van der Waals surface area contributed by atoms with E-state index in [1.165, 1.54) is 0 Å². The summed E-state index contributed by atoms with van der Waals surface area (Å²) in [7, 11) is 2.53. The van der Waals surface area contributed by atoms with Gasteiger partial charge in [-0.05, 0) is 12.7 Å². The van der Waals surface area contributed by atoms with Crippen LogP contribution < -0.4 is 0 Å². The minimum Gasteiger partial charge on any atom is -0.376 e. The summed E-state index contributed by atoms with van der Waals surface area (Å²) in [5, 5.41) is 0.764. The van der Waals surface area contributed by atoms with Crippen LogP contribution in [0.25, 0.3) is 0 Å². The van der Waals surface area contributed by atoms with E-state index in [1.54, 1.807) is 33.1 Å². The quantitative estimate of drug-likeness (QED) is 0.590. The third kappa shape index (κ3) is 3.57. The Balaban J connectivity index is 3.84. The summed E-state index contributed by atoms with van der Waals surface area (Å²) in [4.78, 5) is 0. The van der Waals surface area contributed by atoms with Crippen molar-refractivity contribution >= 4 is 20.6 Å². The molecule has 67 valence electrons. The minimum atomic E-state index is -2.32. The van der Waals surface area contributed by atoms with Gasteiger partial charge in [-0.1, -0.05) is 0 Å². The van der Waals surface area contributed by atoms with Gasteiger partial charge in [0.25, 0.3) is 0 Å². The zero-order valence-corrected chi connectivity index (χ0v) is 9.07. The monoisotopic (exact) mass is 195 g/mol. The Morgan fingerprint density at radius 2 is 1.64 bits per heavy atom. The summed E-state index contributed by atoms with van der Waals surface area (Å²) in [6.07, 6.45) is 0. The van der Waals surface area contributed by atoms with Crippen molar-refractivity contribution in [3.8, 4) is 0 Å². The van der Waals surface area contributed by atoms with Gasteiger partial charge in [0.15, 0.2) is 0 Å². The third-order valence-electron chi connectivity index (χ3n) is 1.36.